The Morgan fingerprint density at radius 2 is 2.15 bits per heavy atom. The molecule has 0 radical (unpaired) electrons. The van der Waals surface area contributed by atoms with E-state index in [1.807, 2.05) is 0 Å². The minimum atomic E-state index is 0.451. The van der Waals surface area contributed by atoms with Gasteiger partial charge in [-0.25, -0.2) is 0 Å². The summed E-state index contributed by atoms with van der Waals surface area (Å²) < 4.78 is 0. The Labute approximate surface area is 82.5 Å². The third-order valence-electron chi connectivity index (χ3n) is 3.08. The minimum Gasteiger partial charge on any atom is -0.327 e. The number of nitrogens with zero attached hydrogens (tertiary/aromatic N) is 1. The second-order valence-corrected chi connectivity index (χ2v) is 4.30. The molecule has 0 saturated carbocycles. The van der Waals surface area contributed by atoms with Crippen LogP contribution in [0.5, 0.6) is 0 Å². The van der Waals surface area contributed by atoms with E-state index in [0.717, 1.165) is 5.92 Å². The van der Waals surface area contributed by atoms with Gasteiger partial charge in [-0.05, 0) is 38.3 Å². The zero-order valence-corrected chi connectivity index (χ0v) is 9.13. The summed E-state index contributed by atoms with van der Waals surface area (Å²) in [6, 6.07) is 0.451. The highest BCUT2D eigenvalue weighted by Crippen LogP contribution is 2.20. The molecule has 0 aliphatic carbocycles. The molecule has 0 bridgehead atoms. The maximum atomic E-state index is 6.12. The zero-order valence-electron chi connectivity index (χ0n) is 9.13. The van der Waals surface area contributed by atoms with E-state index in [1.54, 1.807) is 0 Å². The molecule has 78 valence electrons. The first-order valence-corrected chi connectivity index (χ1v) is 5.75. The SMILES string of the molecule is CCCC(N)C1CCN(CCC)C1. The van der Waals surface area contributed by atoms with Crippen LogP contribution in [0.1, 0.15) is 39.5 Å². The molecule has 0 aromatic rings. The standard InChI is InChI=1S/C11H24N2/c1-3-5-11(12)10-6-8-13(9-10)7-4-2/h10-11H,3-9,12H2,1-2H3. The Hall–Kier alpha value is -0.0800. The molecule has 2 heteroatoms. The molecule has 1 aliphatic rings. The smallest absolute Gasteiger partial charge is 0.00797 e. The molecule has 1 fully saturated rings. The second-order valence-electron chi connectivity index (χ2n) is 4.30. The summed E-state index contributed by atoms with van der Waals surface area (Å²) in [5.74, 6) is 0.770. The van der Waals surface area contributed by atoms with Crippen LogP contribution in [0.4, 0.5) is 0 Å². The molecule has 1 aliphatic heterocycles. The normalized spacial score (nSPS) is 26.5. The first-order chi connectivity index (χ1) is 6.27. The molecule has 0 aromatic carbocycles. The molecular weight excluding hydrogens is 160 g/mol. The Morgan fingerprint density at radius 1 is 1.38 bits per heavy atom. The molecule has 13 heavy (non-hydrogen) atoms. The van der Waals surface area contributed by atoms with Crippen LogP contribution in [-0.4, -0.2) is 30.6 Å². The summed E-state index contributed by atoms with van der Waals surface area (Å²) in [5.41, 5.74) is 6.12. The lowest BCUT2D eigenvalue weighted by Crippen LogP contribution is -2.32. The van der Waals surface area contributed by atoms with E-state index in [2.05, 4.69) is 18.7 Å². The van der Waals surface area contributed by atoms with Crippen molar-refractivity contribution in [1.29, 1.82) is 0 Å². The Balaban J connectivity index is 2.23. The fourth-order valence-electron chi connectivity index (χ4n) is 2.30. The van der Waals surface area contributed by atoms with Crippen molar-refractivity contribution < 1.29 is 0 Å². The van der Waals surface area contributed by atoms with Crippen LogP contribution in [-0.2, 0) is 0 Å². The number of hydrogen-bond acceptors (Lipinski definition) is 2. The third-order valence-corrected chi connectivity index (χ3v) is 3.08. The summed E-state index contributed by atoms with van der Waals surface area (Å²) in [6.07, 6.45) is 5.02. The highest BCUT2D eigenvalue weighted by molar-refractivity contribution is 4.82. The molecule has 1 saturated heterocycles. The lowest BCUT2D eigenvalue weighted by molar-refractivity contribution is 0.309. The quantitative estimate of drug-likeness (QED) is 0.706. The van der Waals surface area contributed by atoms with Gasteiger partial charge < -0.3 is 10.6 Å². The van der Waals surface area contributed by atoms with Crippen molar-refractivity contribution in [3.05, 3.63) is 0 Å². The van der Waals surface area contributed by atoms with Crippen LogP contribution >= 0.6 is 0 Å². The molecule has 2 N–H and O–H groups in total. The van der Waals surface area contributed by atoms with Crippen LogP contribution < -0.4 is 5.73 Å². The molecule has 0 spiro atoms. The molecule has 1 heterocycles. The second kappa shape index (κ2) is 5.61. The Morgan fingerprint density at radius 3 is 2.77 bits per heavy atom. The molecule has 0 aromatic heterocycles. The van der Waals surface area contributed by atoms with Gasteiger partial charge >= 0.3 is 0 Å². The van der Waals surface area contributed by atoms with Crippen LogP contribution in [0.2, 0.25) is 0 Å². The average molecular weight is 184 g/mol. The Bertz CT molecular complexity index is 136. The first kappa shape index (κ1) is 11.0. The van der Waals surface area contributed by atoms with Crippen LogP contribution in [0.15, 0.2) is 0 Å². The fraction of sp³-hybridized carbons (Fsp3) is 1.00. The van der Waals surface area contributed by atoms with Crippen LogP contribution in [0.25, 0.3) is 0 Å². The zero-order chi connectivity index (χ0) is 9.68. The third kappa shape index (κ3) is 3.28. The van der Waals surface area contributed by atoms with E-state index in [4.69, 9.17) is 5.73 Å². The van der Waals surface area contributed by atoms with Crippen LogP contribution in [0.3, 0.4) is 0 Å². The summed E-state index contributed by atoms with van der Waals surface area (Å²) in [6.45, 7) is 8.25. The predicted octanol–water partition coefficient (Wildman–Crippen LogP) is 1.85. The van der Waals surface area contributed by atoms with E-state index in [0.29, 0.717) is 6.04 Å². The van der Waals surface area contributed by atoms with E-state index in [-0.39, 0.29) is 0 Å². The number of likely N-dealkylation sites (tertiary alicyclic amines) is 1. The molecular formula is C11H24N2. The highest BCUT2D eigenvalue weighted by atomic mass is 15.1. The average Bonchev–Trinajstić information content (AvgIpc) is 2.54. The van der Waals surface area contributed by atoms with Crippen LogP contribution in [0, 0.1) is 5.92 Å². The van der Waals surface area contributed by atoms with E-state index >= 15 is 0 Å². The van der Waals surface area contributed by atoms with Crippen molar-refractivity contribution in [3.8, 4) is 0 Å². The maximum absolute atomic E-state index is 6.12. The van der Waals surface area contributed by atoms with Crippen molar-refractivity contribution in [1.82, 2.24) is 4.90 Å². The summed E-state index contributed by atoms with van der Waals surface area (Å²) >= 11 is 0. The topological polar surface area (TPSA) is 29.3 Å². The van der Waals surface area contributed by atoms with Gasteiger partial charge in [0, 0.05) is 12.6 Å². The van der Waals surface area contributed by atoms with Gasteiger partial charge in [0.15, 0.2) is 0 Å². The molecule has 2 nitrogen and oxygen atoms in total. The summed E-state index contributed by atoms with van der Waals surface area (Å²) in [5, 5.41) is 0. The van der Waals surface area contributed by atoms with Gasteiger partial charge in [-0.15, -0.1) is 0 Å². The largest absolute Gasteiger partial charge is 0.327 e. The highest BCUT2D eigenvalue weighted by Gasteiger charge is 2.25. The number of nitrogens with two attached hydrogens (primary N) is 1. The van der Waals surface area contributed by atoms with Crippen molar-refractivity contribution >= 4 is 0 Å². The van der Waals surface area contributed by atoms with E-state index in [9.17, 15) is 0 Å². The predicted molar refractivity (Wildman–Crippen MR) is 57.7 cm³/mol. The van der Waals surface area contributed by atoms with E-state index < -0.39 is 0 Å². The summed E-state index contributed by atoms with van der Waals surface area (Å²) in [7, 11) is 0. The van der Waals surface area contributed by atoms with E-state index in [1.165, 1.54) is 45.3 Å². The Kier molecular flexibility index (Phi) is 4.74. The first-order valence-electron chi connectivity index (χ1n) is 5.75. The van der Waals surface area contributed by atoms with Crippen molar-refractivity contribution in [2.75, 3.05) is 19.6 Å². The van der Waals surface area contributed by atoms with Gasteiger partial charge in [0.05, 0.1) is 0 Å². The maximum Gasteiger partial charge on any atom is 0.00797 e. The van der Waals surface area contributed by atoms with Gasteiger partial charge in [0.1, 0.15) is 0 Å². The number of hydrogen-bond donors (Lipinski definition) is 1. The molecule has 0 amide bonds. The van der Waals surface area contributed by atoms with Gasteiger partial charge in [-0.3, -0.25) is 0 Å². The van der Waals surface area contributed by atoms with Gasteiger partial charge in [-0.2, -0.15) is 0 Å². The van der Waals surface area contributed by atoms with Crippen molar-refractivity contribution in [2.45, 2.75) is 45.6 Å². The monoisotopic (exact) mass is 184 g/mol. The molecule has 1 rings (SSSR count). The minimum absolute atomic E-state index is 0.451. The molecule has 2 atom stereocenters. The van der Waals surface area contributed by atoms with Crippen molar-refractivity contribution in [2.24, 2.45) is 11.7 Å². The summed E-state index contributed by atoms with van der Waals surface area (Å²) in [4.78, 5) is 2.56. The van der Waals surface area contributed by atoms with Gasteiger partial charge in [0.25, 0.3) is 0 Å². The van der Waals surface area contributed by atoms with Gasteiger partial charge in [0.2, 0.25) is 0 Å². The fourth-order valence-corrected chi connectivity index (χ4v) is 2.30. The van der Waals surface area contributed by atoms with Gasteiger partial charge in [-0.1, -0.05) is 20.3 Å². The molecule has 2 unspecified atom stereocenters. The number of rotatable bonds is 5. The lowest BCUT2D eigenvalue weighted by atomic mass is 9.96. The van der Waals surface area contributed by atoms with Crippen molar-refractivity contribution in [3.63, 3.8) is 0 Å². The lowest BCUT2D eigenvalue weighted by Gasteiger charge is -2.19.